The number of pyridine rings is 1. The molecule has 26 heavy (non-hydrogen) atoms. The monoisotopic (exact) mass is 364 g/mol. The molecule has 0 amide bonds. The van der Waals surface area contributed by atoms with Crippen molar-refractivity contribution < 1.29 is 0 Å². The molecule has 0 saturated carbocycles. The van der Waals surface area contributed by atoms with Crippen molar-refractivity contribution in [1.82, 2.24) is 24.6 Å². The van der Waals surface area contributed by atoms with Crippen molar-refractivity contribution in [2.24, 2.45) is 0 Å². The molecule has 0 fully saturated rings. The summed E-state index contributed by atoms with van der Waals surface area (Å²) in [6, 6.07) is 13.3. The lowest BCUT2D eigenvalue weighted by Gasteiger charge is -2.11. The summed E-state index contributed by atoms with van der Waals surface area (Å²) in [4.78, 5) is 13.4. The van der Waals surface area contributed by atoms with E-state index in [-0.39, 0.29) is 5.92 Å². The Morgan fingerprint density at radius 3 is 2.69 bits per heavy atom. The molecule has 0 aliphatic heterocycles. The highest BCUT2D eigenvalue weighted by Gasteiger charge is 2.14. The molecule has 0 saturated heterocycles. The van der Waals surface area contributed by atoms with Crippen LogP contribution in [0.15, 0.2) is 54.9 Å². The van der Waals surface area contributed by atoms with Crippen LogP contribution < -0.4 is 5.32 Å². The van der Waals surface area contributed by atoms with Gasteiger partial charge in [-0.15, -0.1) is 5.10 Å². The lowest BCUT2D eigenvalue weighted by Crippen LogP contribution is -2.05. The first-order valence-corrected chi connectivity index (χ1v) is 8.68. The predicted molar refractivity (Wildman–Crippen MR) is 103 cm³/mol. The summed E-state index contributed by atoms with van der Waals surface area (Å²) in [5.41, 5.74) is 2.66. The van der Waals surface area contributed by atoms with Crippen LogP contribution in [0, 0.1) is 0 Å². The molecular weight excluding hydrogens is 348 g/mol. The third kappa shape index (κ3) is 3.23. The zero-order chi connectivity index (χ0) is 18.1. The van der Waals surface area contributed by atoms with Gasteiger partial charge in [-0.3, -0.25) is 4.98 Å². The number of fused-ring (bicyclic) bond motifs is 1. The maximum atomic E-state index is 6.10. The highest BCUT2D eigenvalue weighted by Crippen LogP contribution is 2.25. The molecule has 3 aromatic heterocycles. The van der Waals surface area contributed by atoms with Crippen molar-refractivity contribution in [3.63, 3.8) is 0 Å². The standard InChI is InChI=1S/C19H17ClN6/c1-12(2)16-10-17(22-15-7-3-6-14(20)9-15)26-19(23-16)24-18(25-26)13-5-4-8-21-11-13/h3-12,22H,1-2H3. The van der Waals surface area contributed by atoms with Crippen molar-refractivity contribution in [3.8, 4) is 11.4 Å². The van der Waals surface area contributed by atoms with E-state index in [1.165, 1.54) is 0 Å². The number of rotatable bonds is 4. The van der Waals surface area contributed by atoms with Crippen LogP contribution in [-0.2, 0) is 0 Å². The number of hydrogen-bond donors (Lipinski definition) is 1. The van der Waals surface area contributed by atoms with Crippen LogP contribution in [0.4, 0.5) is 11.5 Å². The molecule has 0 radical (unpaired) electrons. The highest BCUT2D eigenvalue weighted by molar-refractivity contribution is 6.30. The van der Waals surface area contributed by atoms with Gasteiger partial charge < -0.3 is 5.32 Å². The summed E-state index contributed by atoms with van der Waals surface area (Å²) in [5.74, 6) is 2.17. The van der Waals surface area contributed by atoms with Gasteiger partial charge in [0, 0.05) is 34.7 Å². The van der Waals surface area contributed by atoms with E-state index in [1.807, 2.05) is 42.5 Å². The van der Waals surface area contributed by atoms with Gasteiger partial charge in [0.1, 0.15) is 5.82 Å². The molecule has 4 rings (SSSR count). The van der Waals surface area contributed by atoms with Gasteiger partial charge >= 0.3 is 0 Å². The van der Waals surface area contributed by atoms with Crippen molar-refractivity contribution in [1.29, 1.82) is 0 Å². The number of nitrogens with one attached hydrogen (secondary N) is 1. The van der Waals surface area contributed by atoms with Crippen molar-refractivity contribution in [2.45, 2.75) is 19.8 Å². The summed E-state index contributed by atoms with van der Waals surface area (Å²) < 4.78 is 1.70. The smallest absolute Gasteiger partial charge is 0.254 e. The molecule has 7 heteroatoms. The number of aromatic nitrogens is 5. The van der Waals surface area contributed by atoms with E-state index in [0.29, 0.717) is 16.6 Å². The molecular formula is C19H17ClN6. The van der Waals surface area contributed by atoms with E-state index in [1.54, 1.807) is 16.9 Å². The van der Waals surface area contributed by atoms with Gasteiger partial charge in [0.05, 0.1) is 5.69 Å². The molecule has 0 aliphatic rings. The third-order valence-electron chi connectivity index (χ3n) is 3.94. The first-order valence-electron chi connectivity index (χ1n) is 8.31. The zero-order valence-corrected chi connectivity index (χ0v) is 15.1. The number of hydrogen-bond acceptors (Lipinski definition) is 5. The summed E-state index contributed by atoms with van der Waals surface area (Å²) in [6.07, 6.45) is 3.46. The highest BCUT2D eigenvalue weighted by atomic mass is 35.5. The molecule has 0 spiro atoms. The molecule has 6 nitrogen and oxygen atoms in total. The minimum atomic E-state index is 0.262. The molecule has 4 aromatic rings. The van der Waals surface area contributed by atoms with Crippen LogP contribution >= 0.6 is 11.6 Å². The maximum absolute atomic E-state index is 6.10. The fraction of sp³-hybridized carbons (Fsp3) is 0.158. The molecule has 0 aliphatic carbocycles. The Hall–Kier alpha value is -2.99. The van der Waals surface area contributed by atoms with Gasteiger partial charge in [0.15, 0.2) is 5.82 Å². The Kier molecular flexibility index (Phi) is 4.26. The summed E-state index contributed by atoms with van der Waals surface area (Å²) in [5, 5.41) is 8.64. The second kappa shape index (κ2) is 6.72. The minimum absolute atomic E-state index is 0.262. The Morgan fingerprint density at radius 1 is 1.08 bits per heavy atom. The number of anilines is 2. The van der Waals surface area contributed by atoms with Crippen LogP contribution in [0.1, 0.15) is 25.5 Å². The van der Waals surface area contributed by atoms with Crippen LogP contribution in [0.5, 0.6) is 0 Å². The fourth-order valence-electron chi connectivity index (χ4n) is 2.60. The normalized spacial score (nSPS) is 11.2. The van der Waals surface area contributed by atoms with E-state index in [9.17, 15) is 0 Å². The van der Waals surface area contributed by atoms with Crippen LogP contribution in [-0.4, -0.2) is 24.6 Å². The van der Waals surface area contributed by atoms with E-state index in [0.717, 1.165) is 22.8 Å². The molecule has 1 N–H and O–H groups in total. The van der Waals surface area contributed by atoms with Gasteiger partial charge in [-0.05, 0) is 36.2 Å². The van der Waals surface area contributed by atoms with E-state index < -0.39 is 0 Å². The topological polar surface area (TPSA) is 68.0 Å². The van der Waals surface area contributed by atoms with Gasteiger partial charge in [-0.25, -0.2) is 4.98 Å². The number of nitrogens with zero attached hydrogens (tertiary/aromatic N) is 5. The summed E-state index contributed by atoms with van der Waals surface area (Å²) in [7, 11) is 0. The zero-order valence-electron chi connectivity index (χ0n) is 14.4. The van der Waals surface area contributed by atoms with Gasteiger partial charge in [0.2, 0.25) is 0 Å². The molecule has 0 unspecified atom stereocenters. The molecule has 1 aromatic carbocycles. The Bertz CT molecular complexity index is 1060. The second-order valence-electron chi connectivity index (χ2n) is 6.25. The van der Waals surface area contributed by atoms with Crippen LogP contribution in [0.3, 0.4) is 0 Å². The van der Waals surface area contributed by atoms with Gasteiger partial charge in [-0.2, -0.15) is 9.50 Å². The number of benzene rings is 1. The lowest BCUT2D eigenvalue weighted by molar-refractivity contribution is 0.809. The molecule has 0 atom stereocenters. The van der Waals surface area contributed by atoms with Crippen molar-refractivity contribution in [2.75, 3.05) is 5.32 Å². The second-order valence-corrected chi connectivity index (χ2v) is 6.68. The Labute approximate surface area is 155 Å². The van der Waals surface area contributed by atoms with Crippen molar-refractivity contribution >= 4 is 28.9 Å². The van der Waals surface area contributed by atoms with Crippen molar-refractivity contribution in [3.05, 3.63) is 65.6 Å². The quantitative estimate of drug-likeness (QED) is 0.568. The first kappa shape index (κ1) is 16.5. The Morgan fingerprint density at radius 2 is 1.96 bits per heavy atom. The Balaban J connectivity index is 1.85. The van der Waals surface area contributed by atoms with Crippen LogP contribution in [0.2, 0.25) is 5.02 Å². The lowest BCUT2D eigenvalue weighted by atomic mass is 10.1. The van der Waals surface area contributed by atoms with E-state index >= 15 is 0 Å². The maximum Gasteiger partial charge on any atom is 0.254 e. The van der Waals surface area contributed by atoms with E-state index in [2.05, 4.69) is 39.2 Å². The fourth-order valence-corrected chi connectivity index (χ4v) is 2.79. The largest absolute Gasteiger partial charge is 0.340 e. The predicted octanol–water partition coefficient (Wildman–Crippen LogP) is 4.71. The minimum Gasteiger partial charge on any atom is -0.340 e. The molecule has 0 bridgehead atoms. The molecule has 3 heterocycles. The van der Waals surface area contributed by atoms with Crippen LogP contribution in [0.25, 0.3) is 17.2 Å². The van der Waals surface area contributed by atoms with E-state index in [4.69, 9.17) is 11.6 Å². The molecule has 130 valence electrons. The van der Waals surface area contributed by atoms with Gasteiger partial charge in [-0.1, -0.05) is 31.5 Å². The SMILES string of the molecule is CC(C)c1cc(Nc2cccc(Cl)c2)n2nc(-c3cccnc3)nc2n1. The van der Waals surface area contributed by atoms with Gasteiger partial charge in [0.25, 0.3) is 5.78 Å². The average molecular weight is 365 g/mol. The average Bonchev–Trinajstić information content (AvgIpc) is 3.07. The summed E-state index contributed by atoms with van der Waals surface area (Å²) in [6.45, 7) is 4.20. The number of halogens is 1. The summed E-state index contributed by atoms with van der Waals surface area (Å²) >= 11 is 6.10. The third-order valence-corrected chi connectivity index (χ3v) is 4.18. The first-order chi connectivity index (χ1) is 12.6.